The first-order chi connectivity index (χ1) is 29.2. The monoisotopic (exact) mass is 815 g/mol. The Labute approximate surface area is 354 Å². The van der Waals surface area contributed by atoms with Gasteiger partial charge in [0, 0.05) is 45.4 Å². The van der Waals surface area contributed by atoms with Crippen molar-refractivity contribution in [3.63, 3.8) is 0 Å². The number of hydrogen-bond acceptors (Lipinski definition) is 7. The van der Waals surface area contributed by atoms with Crippen LogP contribution in [0.3, 0.4) is 0 Å². The van der Waals surface area contributed by atoms with Crippen molar-refractivity contribution in [1.82, 2.24) is 26.2 Å². The lowest BCUT2D eigenvalue weighted by Crippen LogP contribution is -2.54. The number of aliphatic hydroxyl groups is 1. The summed E-state index contributed by atoms with van der Waals surface area (Å²) in [6.45, 7) is 5.64. The highest BCUT2D eigenvalue weighted by Gasteiger charge is 2.32. The molecule has 1 saturated heterocycles. The number of carbonyl (C=O) groups excluding carboxylic acids is 4. The van der Waals surface area contributed by atoms with E-state index < -0.39 is 30.0 Å². The number of nitrogens with zero attached hydrogens (tertiary/aromatic N) is 1. The molecule has 1 heterocycles. The third-order valence-electron chi connectivity index (χ3n) is 11.9. The van der Waals surface area contributed by atoms with Crippen LogP contribution < -0.4 is 21.3 Å². The van der Waals surface area contributed by atoms with Crippen molar-refractivity contribution < 1.29 is 29.0 Å². The zero-order chi connectivity index (χ0) is 42.1. The molecule has 0 aromatic heterocycles. The van der Waals surface area contributed by atoms with Crippen molar-refractivity contribution in [2.45, 2.75) is 89.3 Å². The number of ether oxygens (including phenoxy) is 1. The molecule has 6 rings (SSSR count). The van der Waals surface area contributed by atoms with Gasteiger partial charge in [-0.3, -0.25) is 24.1 Å². The highest BCUT2D eigenvalue weighted by molar-refractivity contribution is 5.91. The number of carbonyl (C=O) groups is 4. The Hall–Kier alpha value is -5.28. The molecule has 3 atom stereocenters. The molecule has 2 fully saturated rings. The Kier molecular flexibility index (Phi) is 16.9. The summed E-state index contributed by atoms with van der Waals surface area (Å²) >= 11 is 0. The van der Waals surface area contributed by atoms with Gasteiger partial charge in [0.25, 0.3) is 0 Å². The van der Waals surface area contributed by atoms with Gasteiger partial charge in [-0.25, -0.2) is 0 Å². The zero-order valence-corrected chi connectivity index (χ0v) is 34.9. The van der Waals surface area contributed by atoms with Crippen LogP contribution in [0.5, 0.6) is 0 Å². The van der Waals surface area contributed by atoms with Gasteiger partial charge in [0.2, 0.25) is 23.6 Å². The largest absolute Gasteiger partial charge is 0.390 e. The lowest BCUT2D eigenvalue weighted by Gasteiger charge is -2.31. The van der Waals surface area contributed by atoms with Crippen molar-refractivity contribution in [3.8, 4) is 11.8 Å². The lowest BCUT2D eigenvalue weighted by molar-refractivity contribution is -0.132. The maximum atomic E-state index is 14.7. The Bertz CT molecular complexity index is 2030. The molecule has 1 aliphatic heterocycles. The number of hydrogen-bond donors (Lipinski definition) is 5. The van der Waals surface area contributed by atoms with Crippen LogP contribution in [0.4, 0.5) is 0 Å². The van der Waals surface area contributed by atoms with Crippen molar-refractivity contribution in [3.05, 3.63) is 96.1 Å². The van der Waals surface area contributed by atoms with Gasteiger partial charge in [-0.1, -0.05) is 129 Å². The number of amides is 4. The predicted molar refractivity (Wildman–Crippen MR) is 236 cm³/mol. The molecule has 11 nitrogen and oxygen atoms in total. The molecule has 11 heteroatoms. The Morgan fingerprint density at radius 2 is 1.38 bits per heavy atom. The molecule has 5 N–H and O–H groups in total. The predicted octanol–water partition coefficient (Wildman–Crippen LogP) is 5.06. The first-order valence-corrected chi connectivity index (χ1v) is 21.7. The maximum absolute atomic E-state index is 14.7. The minimum atomic E-state index is -1.13. The fourth-order valence-corrected chi connectivity index (χ4v) is 8.59. The highest BCUT2D eigenvalue weighted by Crippen LogP contribution is 2.29. The average Bonchev–Trinajstić information content (AvgIpc) is 3.26. The minimum Gasteiger partial charge on any atom is -0.390 e. The van der Waals surface area contributed by atoms with E-state index in [0.717, 1.165) is 77.9 Å². The molecule has 4 amide bonds. The summed E-state index contributed by atoms with van der Waals surface area (Å²) < 4.78 is 5.42. The van der Waals surface area contributed by atoms with E-state index in [-0.39, 0.29) is 37.1 Å². The van der Waals surface area contributed by atoms with Crippen molar-refractivity contribution in [2.75, 3.05) is 45.9 Å². The molecule has 1 aliphatic carbocycles. The van der Waals surface area contributed by atoms with E-state index in [2.05, 4.69) is 86.5 Å². The molecule has 2 aliphatic rings. The number of nitrogens with one attached hydrogen (secondary N) is 4. The fraction of sp³-hybridized carbons (Fsp3) is 0.469. The van der Waals surface area contributed by atoms with E-state index in [9.17, 15) is 24.3 Å². The van der Waals surface area contributed by atoms with E-state index in [1.807, 2.05) is 36.4 Å². The smallest absolute Gasteiger partial charge is 0.243 e. The summed E-state index contributed by atoms with van der Waals surface area (Å²) in [4.78, 5) is 56.0. The first kappa shape index (κ1) is 44.3. The van der Waals surface area contributed by atoms with Crippen LogP contribution in [0.2, 0.25) is 0 Å². The van der Waals surface area contributed by atoms with Crippen LogP contribution in [0.15, 0.2) is 84.9 Å². The van der Waals surface area contributed by atoms with E-state index in [1.165, 1.54) is 6.92 Å². The van der Waals surface area contributed by atoms with Crippen LogP contribution in [-0.2, 0) is 36.8 Å². The first-order valence-electron chi connectivity index (χ1n) is 21.7. The van der Waals surface area contributed by atoms with E-state index >= 15 is 0 Å². The molecular formula is C49H61N5O6. The molecule has 1 saturated carbocycles. The van der Waals surface area contributed by atoms with Gasteiger partial charge in [-0.2, -0.15) is 0 Å². The van der Waals surface area contributed by atoms with Crippen LogP contribution in [0.1, 0.15) is 69.4 Å². The topological polar surface area (TPSA) is 149 Å². The van der Waals surface area contributed by atoms with Crippen molar-refractivity contribution in [1.29, 1.82) is 0 Å². The summed E-state index contributed by atoms with van der Waals surface area (Å²) in [7, 11) is 0. The zero-order valence-electron chi connectivity index (χ0n) is 34.9. The second-order valence-corrected chi connectivity index (χ2v) is 16.3. The molecule has 60 heavy (non-hydrogen) atoms. The van der Waals surface area contributed by atoms with Gasteiger partial charge in [0.15, 0.2) is 0 Å². The van der Waals surface area contributed by atoms with Gasteiger partial charge in [0.05, 0.1) is 38.3 Å². The summed E-state index contributed by atoms with van der Waals surface area (Å²) in [5.74, 6) is 4.39. The normalized spacial score (nSPS) is 16.3. The number of rotatable bonds is 18. The third kappa shape index (κ3) is 13.4. The number of aliphatic hydroxyl groups excluding tert-OH is 1. The maximum Gasteiger partial charge on any atom is 0.243 e. The molecule has 0 bridgehead atoms. The van der Waals surface area contributed by atoms with Gasteiger partial charge in [-0.05, 0) is 57.9 Å². The SMILES string of the molecule is CC(=O)NCC#CCC(NC(=O)C(Cc1cccc2ccccc12)Cc1cccc2ccccc12)C(=O)NC(CC1CCCCC1)C(O)CC(=O)NCCN1CCOCC1. The molecule has 318 valence electrons. The van der Waals surface area contributed by atoms with Gasteiger partial charge in [-0.15, -0.1) is 0 Å². The standard InChI is InChI=1S/C49H61N5O6/c1-35(55)50-24-10-9-23-44(49(59)53-45(31-36-13-3-2-4-14-36)46(56)34-47(57)51-25-26-54-27-29-60-30-28-54)52-48(58)41(32-39-19-11-17-37-15-5-7-21-42(37)39)33-40-20-12-18-38-16-6-8-22-43(38)40/h5-8,11-12,15-22,36,41,44-46,56H,2-4,13-14,23-34H2,1H3,(H,50,55)(H,51,57)(H,52,58)(H,53,59). The molecular weight excluding hydrogens is 755 g/mol. The second kappa shape index (κ2) is 22.9. The summed E-state index contributed by atoms with van der Waals surface area (Å²) in [6, 6.07) is 26.7. The second-order valence-electron chi connectivity index (χ2n) is 16.3. The third-order valence-corrected chi connectivity index (χ3v) is 11.9. The Morgan fingerprint density at radius 3 is 2.02 bits per heavy atom. The van der Waals surface area contributed by atoms with Gasteiger partial charge < -0.3 is 31.1 Å². The average molecular weight is 816 g/mol. The molecule has 4 aromatic rings. The van der Waals surface area contributed by atoms with Crippen LogP contribution in [0.25, 0.3) is 21.5 Å². The molecule has 3 unspecified atom stereocenters. The minimum absolute atomic E-state index is 0.0132. The number of benzene rings is 4. The van der Waals surface area contributed by atoms with Crippen molar-refractivity contribution in [2.24, 2.45) is 11.8 Å². The van der Waals surface area contributed by atoms with E-state index in [1.54, 1.807) is 0 Å². The van der Waals surface area contributed by atoms with Crippen molar-refractivity contribution >= 4 is 45.2 Å². The Balaban J connectivity index is 1.22. The fourth-order valence-electron chi connectivity index (χ4n) is 8.59. The van der Waals surface area contributed by atoms with Crippen LogP contribution in [0, 0.1) is 23.7 Å². The lowest BCUT2D eigenvalue weighted by atomic mass is 9.83. The summed E-state index contributed by atoms with van der Waals surface area (Å²) in [5.41, 5.74) is 2.06. The van der Waals surface area contributed by atoms with Gasteiger partial charge >= 0.3 is 0 Å². The van der Waals surface area contributed by atoms with Gasteiger partial charge in [0.1, 0.15) is 6.04 Å². The number of fused-ring (bicyclic) bond motifs is 2. The molecule has 0 spiro atoms. The molecule has 4 aromatic carbocycles. The Morgan fingerprint density at radius 1 is 0.767 bits per heavy atom. The van der Waals surface area contributed by atoms with Crippen LogP contribution >= 0.6 is 0 Å². The summed E-state index contributed by atoms with van der Waals surface area (Å²) in [6.07, 6.45) is 5.39. The molecule has 0 radical (unpaired) electrons. The summed E-state index contributed by atoms with van der Waals surface area (Å²) in [5, 5.41) is 27.7. The van der Waals surface area contributed by atoms with Crippen LogP contribution in [-0.4, -0.2) is 97.8 Å². The van der Waals surface area contributed by atoms with E-state index in [0.29, 0.717) is 51.5 Å². The highest BCUT2D eigenvalue weighted by atomic mass is 16.5. The quantitative estimate of drug-likeness (QED) is 0.0883. The van der Waals surface area contributed by atoms with E-state index in [4.69, 9.17) is 4.74 Å². The number of morpholine rings is 1.